The summed E-state index contributed by atoms with van der Waals surface area (Å²) in [6, 6.07) is 17.3. The van der Waals surface area contributed by atoms with Gasteiger partial charge in [-0.2, -0.15) is 0 Å². The van der Waals surface area contributed by atoms with Crippen molar-refractivity contribution in [2.45, 2.75) is 0 Å². The summed E-state index contributed by atoms with van der Waals surface area (Å²) < 4.78 is 6.26. The van der Waals surface area contributed by atoms with Gasteiger partial charge in [-0.3, -0.25) is 9.69 Å². The van der Waals surface area contributed by atoms with Gasteiger partial charge < -0.3 is 9.64 Å². The Morgan fingerprint density at radius 3 is 2.60 bits per heavy atom. The molecule has 0 fully saturated rings. The molecule has 3 aromatic carbocycles. The number of methoxy groups -OCH3 is 1. The molecule has 154 valence electrons. The van der Waals surface area contributed by atoms with E-state index >= 15 is 0 Å². The molecule has 0 N–H and O–H groups in total. The van der Waals surface area contributed by atoms with Crippen molar-refractivity contribution >= 4 is 55.0 Å². The van der Waals surface area contributed by atoms with Gasteiger partial charge in [0.25, 0.3) is 5.91 Å². The number of nitrogens with zero attached hydrogens (tertiary/aromatic N) is 3. The van der Waals surface area contributed by atoms with E-state index in [1.165, 1.54) is 11.3 Å². The monoisotopic (exact) mass is 439 g/mol. The van der Waals surface area contributed by atoms with E-state index in [1.807, 2.05) is 61.5 Å². The van der Waals surface area contributed by atoms with Crippen LogP contribution in [0.3, 0.4) is 0 Å². The lowest BCUT2D eigenvalue weighted by molar-refractivity contribution is 0.0987. The van der Waals surface area contributed by atoms with Crippen molar-refractivity contribution in [1.82, 2.24) is 9.88 Å². The number of hydrogen-bond donors (Lipinski definition) is 0. The number of rotatable bonds is 6. The van der Waals surface area contributed by atoms with E-state index in [0.29, 0.717) is 40.1 Å². The maximum atomic E-state index is 13.7. The lowest BCUT2D eigenvalue weighted by Crippen LogP contribution is -2.36. The predicted octanol–water partition coefficient (Wildman–Crippen LogP) is 5.32. The second-order valence-electron chi connectivity index (χ2n) is 7.21. The average molecular weight is 440 g/mol. The molecule has 0 unspecified atom stereocenters. The summed E-state index contributed by atoms with van der Waals surface area (Å²) in [5.41, 5.74) is 1.33. The highest BCUT2D eigenvalue weighted by atomic mass is 35.5. The molecule has 0 radical (unpaired) electrons. The topological polar surface area (TPSA) is 45.7 Å². The number of hydrogen-bond acceptors (Lipinski definition) is 5. The van der Waals surface area contributed by atoms with Crippen LogP contribution in [0.1, 0.15) is 10.4 Å². The molecule has 0 bridgehead atoms. The van der Waals surface area contributed by atoms with Crippen LogP contribution in [0.2, 0.25) is 5.02 Å². The number of carbonyl (C=O) groups excluding carboxylic acids is 1. The molecule has 1 heterocycles. The predicted molar refractivity (Wildman–Crippen MR) is 125 cm³/mol. The molecule has 1 aromatic heterocycles. The minimum atomic E-state index is -0.0807. The lowest BCUT2D eigenvalue weighted by atomic mass is 10.0. The number of anilines is 1. The van der Waals surface area contributed by atoms with E-state index in [2.05, 4.69) is 0 Å². The summed E-state index contributed by atoms with van der Waals surface area (Å²) in [6.45, 7) is 1.21. The largest absolute Gasteiger partial charge is 0.494 e. The molecular weight excluding hydrogens is 418 g/mol. The third kappa shape index (κ3) is 3.86. The molecule has 0 saturated heterocycles. The van der Waals surface area contributed by atoms with Crippen LogP contribution >= 0.6 is 22.9 Å². The van der Waals surface area contributed by atoms with Crippen molar-refractivity contribution in [2.24, 2.45) is 0 Å². The third-order valence-corrected chi connectivity index (χ3v) is 6.47. The fourth-order valence-corrected chi connectivity index (χ4v) is 4.64. The van der Waals surface area contributed by atoms with Crippen LogP contribution in [0.15, 0.2) is 54.6 Å². The number of likely N-dealkylation sites (N-methyl/N-ethyl adjacent to an activating group) is 1. The fraction of sp³-hybridized carbons (Fsp3) is 0.217. The summed E-state index contributed by atoms with van der Waals surface area (Å²) in [6.07, 6.45) is 0. The average Bonchev–Trinajstić information content (AvgIpc) is 3.19. The molecule has 30 heavy (non-hydrogen) atoms. The summed E-state index contributed by atoms with van der Waals surface area (Å²) in [7, 11) is 5.57. The lowest BCUT2D eigenvalue weighted by Gasteiger charge is -2.22. The highest BCUT2D eigenvalue weighted by Gasteiger charge is 2.24. The number of aromatic nitrogens is 1. The Morgan fingerprint density at radius 2 is 1.83 bits per heavy atom. The van der Waals surface area contributed by atoms with Gasteiger partial charge >= 0.3 is 0 Å². The van der Waals surface area contributed by atoms with Gasteiger partial charge in [0.1, 0.15) is 11.3 Å². The molecule has 0 saturated carbocycles. The summed E-state index contributed by atoms with van der Waals surface area (Å²) in [5.74, 6) is 0.560. The van der Waals surface area contributed by atoms with Gasteiger partial charge in [-0.1, -0.05) is 59.3 Å². The highest BCUT2D eigenvalue weighted by Crippen LogP contribution is 2.39. The summed E-state index contributed by atoms with van der Waals surface area (Å²) in [5, 5.41) is 3.16. The van der Waals surface area contributed by atoms with Gasteiger partial charge in [0.15, 0.2) is 5.13 Å². The minimum absolute atomic E-state index is 0.0807. The van der Waals surface area contributed by atoms with Gasteiger partial charge in [0, 0.05) is 18.7 Å². The van der Waals surface area contributed by atoms with E-state index < -0.39 is 0 Å². The van der Waals surface area contributed by atoms with Crippen molar-refractivity contribution in [1.29, 1.82) is 0 Å². The van der Waals surface area contributed by atoms with Crippen LogP contribution < -0.4 is 9.64 Å². The highest BCUT2D eigenvalue weighted by molar-refractivity contribution is 7.23. The van der Waals surface area contributed by atoms with E-state index in [4.69, 9.17) is 21.3 Å². The van der Waals surface area contributed by atoms with E-state index in [-0.39, 0.29) is 5.91 Å². The molecule has 0 spiro atoms. The molecule has 7 heteroatoms. The number of carbonyl (C=O) groups is 1. The second kappa shape index (κ2) is 8.60. The Balaban J connectivity index is 1.83. The minimum Gasteiger partial charge on any atom is -0.494 e. The molecular formula is C23H22ClN3O2S. The first kappa shape index (κ1) is 20.6. The second-order valence-corrected chi connectivity index (χ2v) is 8.60. The molecule has 5 nitrogen and oxygen atoms in total. The Bertz CT molecular complexity index is 1220. The van der Waals surface area contributed by atoms with Crippen LogP contribution in [-0.4, -0.2) is 50.1 Å². The Hall–Kier alpha value is -2.67. The van der Waals surface area contributed by atoms with Crippen molar-refractivity contribution < 1.29 is 9.53 Å². The normalized spacial score (nSPS) is 11.4. The zero-order chi connectivity index (χ0) is 21.3. The summed E-state index contributed by atoms with van der Waals surface area (Å²) in [4.78, 5) is 22.2. The molecule has 1 amide bonds. The van der Waals surface area contributed by atoms with Gasteiger partial charge in [-0.15, -0.1) is 0 Å². The number of fused-ring (bicyclic) bond motifs is 2. The van der Waals surface area contributed by atoms with E-state index in [9.17, 15) is 4.79 Å². The first-order valence-corrected chi connectivity index (χ1v) is 10.8. The van der Waals surface area contributed by atoms with Gasteiger partial charge in [-0.05, 0) is 43.1 Å². The third-order valence-electron chi connectivity index (χ3n) is 4.93. The van der Waals surface area contributed by atoms with Crippen LogP contribution in [0.25, 0.3) is 21.0 Å². The van der Waals surface area contributed by atoms with Crippen LogP contribution in [-0.2, 0) is 0 Å². The van der Waals surface area contributed by atoms with Gasteiger partial charge in [-0.25, -0.2) is 4.98 Å². The van der Waals surface area contributed by atoms with Crippen molar-refractivity contribution in [3.8, 4) is 5.75 Å². The van der Waals surface area contributed by atoms with Gasteiger partial charge in [0.05, 0.1) is 16.8 Å². The number of benzene rings is 3. The molecule has 0 atom stereocenters. The maximum Gasteiger partial charge on any atom is 0.260 e. The first-order chi connectivity index (χ1) is 14.5. The first-order valence-electron chi connectivity index (χ1n) is 9.57. The van der Waals surface area contributed by atoms with Crippen LogP contribution in [0.4, 0.5) is 5.13 Å². The van der Waals surface area contributed by atoms with E-state index in [0.717, 1.165) is 15.5 Å². The SMILES string of the molecule is COc1ccc(Cl)c2sc(N(CCN(C)C)C(=O)c3cccc4ccccc34)nc12. The quantitative estimate of drug-likeness (QED) is 0.408. The Kier molecular flexibility index (Phi) is 5.90. The molecule has 0 aliphatic heterocycles. The molecule has 0 aliphatic rings. The number of amides is 1. The molecule has 0 aliphatic carbocycles. The standard InChI is InChI=1S/C23H22ClN3O2S/c1-26(2)13-14-27(22(28)17-10-6-8-15-7-4-5-9-16(15)17)23-25-20-19(29-3)12-11-18(24)21(20)30-23/h4-12H,13-14H2,1-3H3. The van der Waals surface area contributed by atoms with Crippen molar-refractivity contribution in [2.75, 3.05) is 39.2 Å². The van der Waals surface area contributed by atoms with Crippen LogP contribution in [0, 0.1) is 0 Å². The van der Waals surface area contributed by atoms with E-state index in [1.54, 1.807) is 24.1 Å². The molecule has 4 aromatic rings. The Labute approximate surface area is 184 Å². The zero-order valence-electron chi connectivity index (χ0n) is 17.1. The Morgan fingerprint density at radius 1 is 1.07 bits per heavy atom. The summed E-state index contributed by atoms with van der Waals surface area (Å²) >= 11 is 7.81. The van der Waals surface area contributed by atoms with Crippen molar-refractivity contribution in [3.63, 3.8) is 0 Å². The maximum absolute atomic E-state index is 13.7. The smallest absolute Gasteiger partial charge is 0.260 e. The number of ether oxygens (including phenoxy) is 1. The van der Waals surface area contributed by atoms with Gasteiger partial charge in [0.2, 0.25) is 0 Å². The zero-order valence-corrected chi connectivity index (χ0v) is 18.6. The van der Waals surface area contributed by atoms with Crippen molar-refractivity contribution in [3.05, 3.63) is 65.2 Å². The fourth-order valence-electron chi connectivity index (χ4n) is 3.36. The number of thiazole rings is 1. The number of halogens is 1. The van der Waals surface area contributed by atoms with Crippen LogP contribution in [0.5, 0.6) is 5.75 Å². The molecule has 4 rings (SSSR count).